The van der Waals surface area contributed by atoms with Gasteiger partial charge in [0.05, 0.1) is 0 Å². The molecule has 0 radical (unpaired) electrons. The van der Waals surface area contributed by atoms with Crippen LogP contribution in [0, 0.1) is 13.8 Å². The van der Waals surface area contributed by atoms with Gasteiger partial charge in [-0.2, -0.15) is 0 Å². The minimum absolute atomic E-state index is 0.569. The number of rotatable bonds is 11. The van der Waals surface area contributed by atoms with E-state index in [1.54, 1.807) is 33.4 Å². The summed E-state index contributed by atoms with van der Waals surface area (Å²) in [5.74, 6) is 1.32. The van der Waals surface area contributed by atoms with Gasteiger partial charge in [0.2, 0.25) is 0 Å². The Morgan fingerprint density at radius 1 is 0.603 bits per heavy atom. The van der Waals surface area contributed by atoms with Crippen LogP contribution in [0.1, 0.15) is 131 Å². The van der Waals surface area contributed by atoms with Crippen molar-refractivity contribution >= 4 is 38.9 Å². The smallest absolute Gasteiger partial charge is 0.0345 e. The molecule has 0 fully saturated rings. The van der Waals surface area contributed by atoms with Crippen molar-refractivity contribution in [3.05, 3.63) is 199 Å². The Morgan fingerprint density at radius 2 is 1.46 bits per heavy atom. The summed E-state index contributed by atoms with van der Waals surface area (Å²) >= 11 is 2.05. The maximum absolute atomic E-state index is 2.61. The average Bonchev–Trinajstić information content (AvgIpc) is 3.91. The monoisotopic (exact) mass is 838 g/mol. The number of thioether (sulfide) groups is 1. The van der Waals surface area contributed by atoms with E-state index in [-0.39, 0.29) is 0 Å². The maximum atomic E-state index is 2.61. The first kappa shape index (κ1) is 40.7. The lowest BCUT2D eigenvalue weighted by atomic mass is 9.84. The standard InChI is InChI=1S/C62H62S/c1-6-42-16-28-55-49(23-22-46-30-41(5)62-37-60(46)58-11-7-8-13-61(58)63-62)34-50(35-51(55)31-42)45-19-21-48-33-43(17-27-54-39(3)14-25-53-40(4)15-26-57(53)54)32-47(59(48)36-45)20-18-44-24-29-52-38(2)10-9-12-56(44)52/h7-14,16,19,21,25,28,30-36,40,44,62H,6,15,17-18,20,22-24,26-27,29,37H2,1-5H3. The van der Waals surface area contributed by atoms with E-state index in [4.69, 9.17) is 0 Å². The average molecular weight is 839 g/mol. The molecule has 4 aliphatic rings. The van der Waals surface area contributed by atoms with E-state index in [9.17, 15) is 0 Å². The number of allylic oxidation sites excluding steroid dienone is 3. The molecule has 2 bridgehead atoms. The molecule has 7 aromatic rings. The maximum Gasteiger partial charge on any atom is 0.0345 e. The van der Waals surface area contributed by atoms with Crippen LogP contribution in [-0.4, -0.2) is 5.25 Å². The van der Waals surface area contributed by atoms with Gasteiger partial charge in [-0.1, -0.05) is 123 Å². The van der Waals surface area contributed by atoms with Crippen LogP contribution in [0.3, 0.4) is 0 Å². The third kappa shape index (κ3) is 7.63. The molecule has 3 unspecified atom stereocenters. The van der Waals surface area contributed by atoms with E-state index >= 15 is 0 Å². The van der Waals surface area contributed by atoms with E-state index in [0.29, 0.717) is 17.1 Å². The Hall–Kier alpha value is -5.11. The molecule has 0 amide bonds. The van der Waals surface area contributed by atoms with Gasteiger partial charge in [0, 0.05) is 10.1 Å². The lowest BCUT2D eigenvalue weighted by molar-refractivity contribution is 0.620. The predicted octanol–water partition coefficient (Wildman–Crippen LogP) is 16.5. The van der Waals surface area contributed by atoms with Crippen LogP contribution in [0.2, 0.25) is 0 Å². The number of aryl methyl sites for hydroxylation is 6. The first-order chi connectivity index (χ1) is 30.8. The van der Waals surface area contributed by atoms with E-state index in [0.717, 1.165) is 44.9 Å². The first-order valence-corrected chi connectivity index (χ1v) is 25.1. The van der Waals surface area contributed by atoms with E-state index in [1.165, 1.54) is 120 Å². The molecule has 0 nitrogen and oxygen atoms in total. The van der Waals surface area contributed by atoms with Crippen molar-refractivity contribution in [3.8, 4) is 11.1 Å². The molecular formula is C62H62S. The summed E-state index contributed by atoms with van der Waals surface area (Å²) in [5.41, 5.74) is 25.7. The van der Waals surface area contributed by atoms with E-state index < -0.39 is 0 Å². The highest BCUT2D eigenvalue weighted by atomic mass is 32.2. The molecule has 11 rings (SSSR count). The van der Waals surface area contributed by atoms with Crippen molar-refractivity contribution in [1.82, 2.24) is 0 Å². The zero-order valence-electron chi connectivity index (χ0n) is 38.2. The quantitative estimate of drug-likeness (QED) is 0.125. The van der Waals surface area contributed by atoms with Crippen molar-refractivity contribution in [1.29, 1.82) is 0 Å². The molecule has 7 aromatic carbocycles. The fraction of sp³-hybridized carbons (Fsp3) is 0.323. The lowest BCUT2D eigenvalue weighted by Crippen LogP contribution is -2.17. The summed E-state index contributed by atoms with van der Waals surface area (Å²) in [4.78, 5) is 1.45. The molecule has 0 aromatic heterocycles. The number of benzene rings is 7. The number of hydrogen-bond acceptors (Lipinski definition) is 1. The molecule has 0 saturated carbocycles. The molecule has 1 heterocycles. The molecule has 0 spiro atoms. The van der Waals surface area contributed by atoms with Crippen molar-refractivity contribution in [2.75, 3.05) is 0 Å². The van der Waals surface area contributed by atoms with Gasteiger partial charge in [-0.25, -0.2) is 0 Å². The molecule has 0 N–H and O–H groups in total. The van der Waals surface area contributed by atoms with Gasteiger partial charge >= 0.3 is 0 Å². The third-order valence-electron chi connectivity index (χ3n) is 15.9. The normalized spacial score (nSPS) is 18.8. The molecule has 3 aliphatic carbocycles. The molecule has 1 heteroatoms. The van der Waals surface area contributed by atoms with Gasteiger partial charge in [-0.3, -0.25) is 0 Å². The topological polar surface area (TPSA) is 0 Å². The zero-order chi connectivity index (χ0) is 42.8. The van der Waals surface area contributed by atoms with Crippen LogP contribution < -0.4 is 0 Å². The van der Waals surface area contributed by atoms with Gasteiger partial charge in [0.15, 0.2) is 0 Å². The van der Waals surface area contributed by atoms with Crippen LogP contribution >= 0.6 is 11.8 Å². The Morgan fingerprint density at radius 3 is 2.37 bits per heavy atom. The number of hydrogen-bond donors (Lipinski definition) is 0. The van der Waals surface area contributed by atoms with Crippen molar-refractivity contribution in [2.45, 2.75) is 134 Å². The van der Waals surface area contributed by atoms with Crippen LogP contribution in [0.15, 0.2) is 137 Å². The summed E-state index contributed by atoms with van der Waals surface area (Å²) in [6.45, 7) is 11.7. The molecular weight excluding hydrogens is 777 g/mol. The molecule has 3 atom stereocenters. The predicted molar refractivity (Wildman–Crippen MR) is 272 cm³/mol. The van der Waals surface area contributed by atoms with Crippen LogP contribution in [0.5, 0.6) is 0 Å². The number of fused-ring (bicyclic) bond motifs is 8. The zero-order valence-corrected chi connectivity index (χ0v) is 39.0. The van der Waals surface area contributed by atoms with Crippen molar-refractivity contribution in [2.24, 2.45) is 0 Å². The molecule has 1 aliphatic heterocycles. The van der Waals surface area contributed by atoms with Crippen LogP contribution in [-0.2, 0) is 44.9 Å². The summed E-state index contributed by atoms with van der Waals surface area (Å²) in [5, 5.41) is 6.18. The third-order valence-corrected chi connectivity index (χ3v) is 17.3. The van der Waals surface area contributed by atoms with Gasteiger partial charge in [-0.15, -0.1) is 11.8 Å². The summed E-state index contributed by atoms with van der Waals surface area (Å²) in [7, 11) is 0. The lowest BCUT2D eigenvalue weighted by Gasteiger charge is -2.32. The summed E-state index contributed by atoms with van der Waals surface area (Å²) < 4.78 is 0. The second-order valence-electron chi connectivity index (χ2n) is 19.7. The van der Waals surface area contributed by atoms with Gasteiger partial charge in [0.1, 0.15) is 0 Å². The summed E-state index contributed by atoms with van der Waals surface area (Å²) in [6, 6.07) is 45.7. The van der Waals surface area contributed by atoms with Crippen molar-refractivity contribution < 1.29 is 0 Å². The second-order valence-corrected chi connectivity index (χ2v) is 21.0. The van der Waals surface area contributed by atoms with Crippen LogP contribution in [0.25, 0.3) is 38.2 Å². The van der Waals surface area contributed by atoms with E-state index in [2.05, 4.69) is 168 Å². The molecule has 63 heavy (non-hydrogen) atoms. The fourth-order valence-corrected chi connectivity index (χ4v) is 13.5. The second kappa shape index (κ2) is 16.8. The Labute approximate surface area is 381 Å². The Bertz CT molecular complexity index is 3010. The SMILES string of the molecule is CCc1ccc2c(CCC3=C4CC(Sc5ccccc54)C(C)=C3)cc(-c3ccc4cc(CCc5c(C)ccc6c5CCC6C)cc(CCC5CCc6c(C)cccc65)c4c3)cc2c1. The summed E-state index contributed by atoms with van der Waals surface area (Å²) in [6.07, 6.45) is 16.4. The molecule has 0 saturated heterocycles. The highest BCUT2D eigenvalue weighted by molar-refractivity contribution is 8.00. The van der Waals surface area contributed by atoms with Gasteiger partial charge < -0.3 is 0 Å². The Balaban J connectivity index is 0.960. The van der Waals surface area contributed by atoms with Gasteiger partial charge in [0.25, 0.3) is 0 Å². The fourth-order valence-electron chi connectivity index (χ4n) is 12.2. The largest absolute Gasteiger partial charge is 0.117 e. The highest BCUT2D eigenvalue weighted by Gasteiger charge is 2.30. The minimum Gasteiger partial charge on any atom is -0.117 e. The van der Waals surface area contributed by atoms with E-state index in [1.807, 2.05) is 0 Å². The Kier molecular flexibility index (Phi) is 10.8. The first-order valence-electron chi connectivity index (χ1n) is 24.3. The molecule has 316 valence electrons. The van der Waals surface area contributed by atoms with Gasteiger partial charge in [-0.05, 0) is 238 Å². The highest BCUT2D eigenvalue weighted by Crippen LogP contribution is 2.49. The van der Waals surface area contributed by atoms with Crippen molar-refractivity contribution in [3.63, 3.8) is 0 Å². The minimum atomic E-state index is 0.569. The van der Waals surface area contributed by atoms with Crippen LogP contribution in [0.4, 0.5) is 0 Å².